The van der Waals surface area contributed by atoms with Crippen LogP contribution < -0.4 is 5.32 Å². The maximum absolute atomic E-state index is 11.6. The molecule has 1 aliphatic rings. The summed E-state index contributed by atoms with van der Waals surface area (Å²) in [5.74, 6) is -0.136. The van der Waals surface area contributed by atoms with E-state index in [2.05, 4.69) is 24.2 Å². The number of hydrogen-bond acceptors (Lipinski definition) is 4. The van der Waals surface area contributed by atoms with Crippen molar-refractivity contribution in [3.05, 3.63) is 0 Å². The van der Waals surface area contributed by atoms with Crippen LogP contribution in [-0.2, 0) is 9.53 Å². The molecule has 1 aliphatic carbocycles. The first-order chi connectivity index (χ1) is 8.69. The third-order valence-electron chi connectivity index (χ3n) is 3.84. The summed E-state index contributed by atoms with van der Waals surface area (Å²) >= 11 is 0. The number of nitrogens with one attached hydrogen (secondary N) is 1. The van der Waals surface area contributed by atoms with Gasteiger partial charge >= 0.3 is 5.97 Å². The highest BCUT2D eigenvalue weighted by Crippen LogP contribution is 2.22. The highest BCUT2D eigenvalue weighted by atomic mass is 16.5. The molecule has 1 unspecified atom stereocenters. The van der Waals surface area contributed by atoms with Gasteiger partial charge in [-0.15, -0.1) is 0 Å². The predicted octanol–water partition coefficient (Wildman–Crippen LogP) is 1.79. The lowest BCUT2D eigenvalue weighted by Crippen LogP contribution is -2.41. The van der Waals surface area contributed by atoms with Gasteiger partial charge in [0.1, 0.15) is 6.04 Å². The fraction of sp³-hybridized carbons (Fsp3) is 0.929. The van der Waals surface area contributed by atoms with Crippen molar-refractivity contribution in [1.82, 2.24) is 10.2 Å². The lowest BCUT2D eigenvalue weighted by Gasteiger charge is -2.26. The zero-order valence-corrected chi connectivity index (χ0v) is 12.1. The summed E-state index contributed by atoms with van der Waals surface area (Å²) in [6.07, 6.45) is 7.18. The maximum atomic E-state index is 11.6. The van der Waals surface area contributed by atoms with E-state index < -0.39 is 0 Å². The van der Waals surface area contributed by atoms with Crippen molar-refractivity contribution in [3.63, 3.8) is 0 Å². The maximum Gasteiger partial charge on any atom is 0.322 e. The third kappa shape index (κ3) is 4.94. The van der Waals surface area contributed by atoms with Gasteiger partial charge < -0.3 is 15.0 Å². The fourth-order valence-corrected chi connectivity index (χ4v) is 2.62. The minimum atomic E-state index is -0.154. The first kappa shape index (κ1) is 15.4. The summed E-state index contributed by atoms with van der Waals surface area (Å²) < 4.78 is 4.85. The van der Waals surface area contributed by atoms with E-state index in [9.17, 15) is 4.79 Å². The van der Waals surface area contributed by atoms with E-state index in [1.54, 1.807) is 0 Å². The number of nitrogens with zero attached hydrogens (tertiary/aromatic N) is 1. The average molecular weight is 256 g/mol. The molecule has 0 heterocycles. The highest BCUT2D eigenvalue weighted by Gasteiger charge is 2.22. The fourth-order valence-electron chi connectivity index (χ4n) is 2.62. The standard InChI is InChI=1S/C14H28N2O2/c1-4-10-15-13(14(17)18-3)9-11-16(2)12-7-5-6-8-12/h12-13,15H,4-11H2,1-3H3. The van der Waals surface area contributed by atoms with Gasteiger partial charge in [0, 0.05) is 12.6 Å². The van der Waals surface area contributed by atoms with Gasteiger partial charge in [-0.05, 0) is 39.3 Å². The van der Waals surface area contributed by atoms with Crippen molar-refractivity contribution >= 4 is 5.97 Å². The van der Waals surface area contributed by atoms with Crippen molar-refractivity contribution in [2.24, 2.45) is 0 Å². The Morgan fingerprint density at radius 2 is 2.11 bits per heavy atom. The van der Waals surface area contributed by atoms with Gasteiger partial charge in [-0.3, -0.25) is 4.79 Å². The molecular weight excluding hydrogens is 228 g/mol. The Bertz CT molecular complexity index is 240. The van der Waals surface area contributed by atoms with Gasteiger partial charge in [-0.1, -0.05) is 19.8 Å². The molecule has 1 fully saturated rings. The van der Waals surface area contributed by atoms with Crippen LogP contribution in [0, 0.1) is 0 Å². The molecule has 106 valence electrons. The molecular formula is C14H28N2O2. The van der Waals surface area contributed by atoms with Crippen LogP contribution in [0.5, 0.6) is 0 Å². The summed E-state index contributed by atoms with van der Waals surface area (Å²) in [4.78, 5) is 14.0. The van der Waals surface area contributed by atoms with Crippen LogP contribution in [0.25, 0.3) is 0 Å². The van der Waals surface area contributed by atoms with Crippen LogP contribution in [0.1, 0.15) is 45.4 Å². The van der Waals surface area contributed by atoms with E-state index >= 15 is 0 Å². The molecule has 0 radical (unpaired) electrons. The van der Waals surface area contributed by atoms with Gasteiger partial charge in [-0.2, -0.15) is 0 Å². The quantitative estimate of drug-likeness (QED) is 0.672. The number of ether oxygens (including phenoxy) is 1. The molecule has 0 aliphatic heterocycles. The summed E-state index contributed by atoms with van der Waals surface area (Å²) in [5.41, 5.74) is 0. The topological polar surface area (TPSA) is 41.6 Å². The van der Waals surface area contributed by atoms with Crippen LogP contribution in [-0.4, -0.2) is 50.2 Å². The predicted molar refractivity (Wildman–Crippen MR) is 73.6 cm³/mol. The Hall–Kier alpha value is -0.610. The zero-order chi connectivity index (χ0) is 13.4. The van der Waals surface area contributed by atoms with Crippen molar-refractivity contribution in [1.29, 1.82) is 0 Å². The Labute approximate surface area is 111 Å². The molecule has 0 bridgehead atoms. The number of carbonyl (C=O) groups excluding carboxylic acids is 1. The van der Waals surface area contributed by atoms with Crippen molar-refractivity contribution < 1.29 is 9.53 Å². The zero-order valence-electron chi connectivity index (χ0n) is 12.1. The second kappa shape index (κ2) is 8.48. The molecule has 0 aromatic carbocycles. The van der Waals surface area contributed by atoms with Crippen molar-refractivity contribution in [2.75, 3.05) is 27.2 Å². The van der Waals surface area contributed by atoms with Gasteiger partial charge in [-0.25, -0.2) is 0 Å². The third-order valence-corrected chi connectivity index (χ3v) is 3.84. The summed E-state index contributed by atoms with van der Waals surface area (Å²) in [5, 5.41) is 3.26. The summed E-state index contributed by atoms with van der Waals surface area (Å²) in [7, 11) is 3.63. The molecule has 1 rings (SSSR count). The van der Waals surface area contributed by atoms with Gasteiger partial charge in [0.25, 0.3) is 0 Å². The van der Waals surface area contributed by atoms with Crippen LogP contribution in [0.2, 0.25) is 0 Å². The average Bonchev–Trinajstić information content (AvgIpc) is 2.91. The molecule has 18 heavy (non-hydrogen) atoms. The van der Waals surface area contributed by atoms with Gasteiger partial charge in [0.15, 0.2) is 0 Å². The summed E-state index contributed by atoms with van der Waals surface area (Å²) in [6, 6.07) is 0.563. The lowest BCUT2D eigenvalue weighted by atomic mass is 10.1. The minimum Gasteiger partial charge on any atom is -0.468 e. The first-order valence-corrected chi connectivity index (χ1v) is 7.20. The normalized spacial score (nSPS) is 18.2. The van der Waals surface area contributed by atoms with Gasteiger partial charge in [0.2, 0.25) is 0 Å². The molecule has 0 amide bonds. The molecule has 0 spiro atoms. The molecule has 1 saturated carbocycles. The molecule has 0 aromatic heterocycles. The summed E-state index contributed by atoms with van der Waals surface area (Å²) in [6.45, 7) is 3.93. The van der Waals surface area contributed by atoms with E-state index in [0.29, 0.717) is 0 Å². The number of hydrogen-bond donors (Lipinski definition) is 1. The number of carbonyl (C=O) groups is 1. The Balaban J connectivity index is 2.32. The molecule has 4 heteroatoms. The second-order valence-corrected chi connectivity index (χ2v) is 5.24. The van der Waals surface area contributed by atoms with Crippen molar-refractivity contribution in [3.8, 4) is 0 Å². The van der Waals surface area contributed by atoms with E-state index in [1.807, 2.05) is 0 Å². The molecule has 4 nitrogen and oxygen atoms in total. The van der Waals surface area contributed by atoms with E-state index in [-0.39, 0.29) is 12.0 Å². The first-order valence-electron chi connectivity index (χ1n) is 7.20. The van der Waals surface area contributed by atoms with Crippen LogP contribution in [0.3, 0.4) is 0 Å². The van der Waals surface area contributed by atoms with Crippen LogP contribution in [0.4, 0.5) is 0 Å². The van der Waals surface area contributed by atoms with E-state index in [4.69, 9.17) is 4.74 Å². The number of methoxy groups -OCH3 is 1. The Morgan fingerprint density at radius 3 is 2.67 bits per heavy atom. The van der Waals surface area contributed by atoms with E-state index in [0.717, 1.165) is 32.0 Å². The minimum absolute atomic E-state index is 0.136. The number of rotatable bonds is 8. The molecule has 1 atom stereocenters. The lowest BCUT2D eigenvalue weighted by molar-refractivity contribution is -0.143. The van der Waals surface area contributed by atoms with Crippen molar-refractivity contribution in [2.45, 2.75) is 57.5 Å². The molecule has 0 saturated heterocycles. The Morgan fingerprint density at radius 1 is 1.44 bits per heavy atom. The van der Waals surface area contributed by atoms with Gasteiger partial charge in [0.05, 0.1) is 7.11 Å². The highest BCUT2D eigenvalue weighted by molar-refractivity contribution is 5.75. The molecule has 1 N–H and O–H groups in total. The van der Waals surface area contributed by atoms with Crippen LogP contribution >= 0.6 is 0 Å². The monoisotopic (exact) mass is 256 g/mol. The molecule has 0 aromatic rings. The van der Waals surface area contributed by atoms with E-state index in [1.165, 1.54) is 32.8 Å². The smallest absolute Gasteiger partial charge is 0.322 e. The Kier molecular flexibility index (Phi) is 7.28. The second-order valence-electron chi connectivity index (χ2n) is 5.24. The SMILES string of the molecule is CCCNC(CCN(C)C1CCCC1)C(=O)OC. The largest absolute Gasteiger partial charge is 0.468 e. The number of esters is 1. The van der Waals surface area contributed by atoms with Crippen LogP contribution in [0.15, 0.2) is 0 Å².